The van der Waals surface area contributed by atoms with E-state index in [0.29, 0.717) is 30.9 Å². The van der Waals surface area contributed by atoms with Crippen molar-refractivity contribution < 1.29 is 9.59 Å². The van der Waals surface area contributed by atoms with Gasteiger partial charge >= 0.3 is 0 Å². The van der Waals surface area contributed by atoms with E-state index in [0.717, 1.165) is 18.7 Å². The van der Waals surface area contributed by atoms with Crippen LogP contribution in [0.1, 0.15) is 29.8 Å². The molecule has 0 aromatic heterocycles. The van der Waals surface area contributed by atoms with E-state index in [-0.39, 0.29) is 11.8 Å². The lowest BCUT2D eigenvalue weighted by Crippen LogP contribution is -2.32. The normalized spacial score (nSPS) is 12.6. The van der Waals surface area contributed by atoms with Crippen molar-refractivity contribution in [2.75, 3.05) is 36.4 Å². The Kier molecular flexibility index (Phi) is 5.56. The molecule has 0 aliphatic carbocycles. The largest absolute Gasteiger partial charge is 0.362 e. The molecule has 3 rings (SSSR count). The number of para-hydroxylation sites is 1. The van der Waals surface area contributed by atoms with E-state index in [2.05, 4.69) is 22.3 Å². The number of amides is 2. The Morgan fingerprint density at radius 1 is 1.08 bits per heavy atom. The molecular formula is C21H25N3O2. The lowest BCUT2D eigenvalue weighted by molar-refractivity contribution is -0.115. The zero-order valence-electron chi connectivity index (χ0n) is 15.4. The van der Waals surface area contributed by atoms with Crippen molar-refractivity contribution in [3.05, 3.63) is 59.7 Å². The summed E-state index contributed by atoms with van der Waals surface area (Å²) in [7, 11) is 0. The van der Waals surface area contributed by atoms with Gasteiger partial charge in [0.05, 0.1) is 6.54 Å². The van der Waals surface area contributed by atoms with Gasteiger partial charge in [-0.1, -0.05) is 24.3 Å². The molecule has 0 fully saturated rings. The molecule has 0 saturated heterocycles. The lowest BCUT2D eigenvalue weighted by atomic mass is 10.1. The number of hydrogen-bond acceptors (Lipinski definition) is 3. The van der Waals surface area contributed by atoms with Gasteiger partial charge in [0.15, 0.2) is 0 Å². The fourth-order valence-corrected chi connectivity index (χ4v) is 3.37. The number of nitrogens with one attached hydrogen (secondary N) is 1. The van der Waals surface area contributed by atoms with Crippen molar-refractivity contribution in [1.82, 2.24) is 4.90 Å². The molecule has 26 heavy (non-hydrogen) atoms. The van der Waals surface area contributed by atoms with Crippen LogP contribution in [-0.4, -0.2) is 42.9 Å². The zero-order chi connectivity index (χ0) is 18.5. The smallest absolute Gasteiger partial charge is 0.253 e. The van der Waals surface area contributed by atoms with Crippen LogP contribution in [0, 0.1) is 0 Å². The molecule has 1 aliphatic rings. The molecule has 1 N–H and O–H groups in total. The number of rotatable bonds is 6. The summed E-state index contributed by atoms with van der Waals surface area (Å²) >= 11 is 0. The first kappa shape index (κ1) is 18.0. The van der Waals surface area contributed by atoms with E-state index >= 15 is 0 Å². The third-order valence-electron chi connectivity index (χ3n) is 4.76. The number of fused-ring (bicyclic) bond motifs is 1. The van der Waals surface area contributed by atoms with Crippen LogP contribution in [0.3, 0.4) is 0 Å². The van der Waals surface area contributed by atoms with Gasteiger partial charge in [-0.3, -0.25) is 9.59 Å². The summed E-state index contributed by atoms with van der Waals surface area (Å²) in [5.41, 5.74) is 3.67. The summed E-state index contributed by atoms with van der Waals surface area (Å²) in [6.45, 7) is 6.42. The third-order valence-corrected chi connectivity index (χ3v) is 4.76. The summed E-state index contributed by atoms with van der Waals surface area (Å²) in [6, 6.07) is 15.3. The standard InChI is InChI=1S/C21H25N3O2/c1-3-23(4-2)21(26)17-9-7-10-18(14-17)22-20(25)15-24-13-12-16-8-5-6-11-19(16)24/h5-11,14H,3-4,12-13,15H2,1-2H3,(H,22,25). The summed E-state index contributed by atoms with van der Waals surface area (Å²) < 4.78 is 0. The molecule has 1 heterocycles. The average molecular weight is 351 g/mol. The highest BCUT2D eigenvalue weighted by atomic mass is 16.2. The van der Waals surface area contributed by atoms with Crippen molar-refractivity contribution in [3.63, 3.8) is 0 Å². The van der Waals surface area contributed by atoms with Crippen LogP contribution in [0.4, 0.5) is 11.4 Å². The van der Waals surface area contributed by atoms with Crippen LogP contribution in [0.2, 0.25) is 0 Å². The van der Waals surface area contributed by atoms with Crippen molar-refractivity contribution in [2.45, 2.75) is 20.3 Å². The third kappa shape index (κ3) is 3.87. The molecule has 0 atom stereocenters. The molecule has 0 unspecified atom stereocenters. The Hall–Kier alpha value is -2.82. The number of nitrogens with zero attached hydrogens (tertiary/aromatic N) is 2. The number of carbonyl (C=O) groups excluding carboxylic acids is 2. The minimum Gasteiger partial charge on any atom is -0.362 e. The molecule has 1 aliphatic heterocycles. The van der Waals surface area contributed by atoms with Crippen LogP contribution in [0.25, 0.3) is 0 Å². The first-order valence-corrected chi connectivity index (χ1v) is 9.14. The van der Waals surface area contributed by atoms with E-state index in [4.69, 9.17) is 0 Å². The first-order valence-electron chi connectivity index (χ1n) is 9.14. The Morgan fingerprint density at radius 2 is 1.85 bits per heavy atom. The van der Waals surface area contributed by atoms with Gasteiger partial charge in [0, 0.05) is 36.6 Å². The van der Waals surface area contributed by atoms with Gasteiger partial charge in [-0.05, 0) is 50.1 Å². The Balaban J connectivity index is 1.65. The van der Waals surface area contributed by atoms with Gasteiger partial charge in [-0.2, -0.15) is 0 Å². The number of hydrogen-bond donors (Lipinski definition) is 1. The van der Waals surface area contributed by atoms with E-state index in [1.54, 1.807) is 23.1 Å². The molecule has 5 heteroatoms. The quantitative estimate of drug-likeness (QED) is 0.870. The Bertz CT molecular complexity index is 799. The van der Waals surface area contributed by atoms with Gasteiger partial charge in [-0.25, -0.2) is 0 Å². The topological polar surface area (TPSA) is 52.7 Å². The number of anilines is 2. The van der Waals surface area contributed by atoms with Crippen molar-refractivity contribution >= 4 is 23.2 Å². The van der Waals surface area contributed by atoms with Gasteiger partial charge < -0.3 is 15.1 Å². The maximum Gasteiger partial charge on any atom is 0.253 e. The second-order valence-corrected chi connectivity index (χ2v) is 6.41. The molecule has 5 nitrogen and oxygen atoms in total. The lowest BCUT2D eigenvalue weighted by Gasteiger charge is -2.20. The summed E-state index contributed by atoms with van der Waals surface area (Å²) in [5.74, 6) is -0.0892. The SMILES string of the molecule is CCN(CC)C(=O)c1cccc(NC(=O)CN2CCc3ccccc32)c1. The van der Waals surface area contributed by atoms with E-state index < -0.39 is 0 Å². The minimum atomic E-state index is -0.0749. The highest BCUT2D eigenvalue weighted by Gasteiger charge is 2.20. The summed E-state index contributed by atoms with van der Waals surface area (Å²) in [6.07, 6.45) is 0.970. The molecular weight excluding hydrogens is 326 g/mol. The number of benzene rings is 2. The van der Waals surface area contributed by atoms with E-state index in [1.807, 2.05) is 32.0 Å². The van der Waals surface area contributed by atoms with Crippen LogP contribution in [0.5, 0.6) is 0 Å². The van der Waals surface area contributed by atoms with Gasteiger partial charge in [0.1, 0.15) is 0 Å². The highest BCUT2D eigenvalue weighted by molar-refractivity contribution is 5.98. The molecule has 2 aromatic carbocycles. The van der Waals surface area contributed by atoms with Crippen molar-refractivity contribution in [2.24, 2.45) is 0 Å². The minimum absolute atomic E-state index is 0.0143. The fraction of sp³-hybridized carbons (Fsp3) is 0.333. The van der Waals surface area contributed by atoms with Crippen LogP contribution >= 0.6 is 0 Å². The maximum atomic E-state index is 12.5. The molecule has 0 saturated carbocycles. The highest BCUT2D eigenvalue weighted by Crippen LogP contribution is 2.27. The molecule has 0 spiro atoms. The van der Waals surface area contributed by atoms with Gasteiger partial charge in [0.2, 0.25) is 5.91 Å². The molecule has 0 radical (unpaired) electrons. The van der Waals surface area contributed by atoms with Crippen molar-refractivity contribution in [1.29, 1.82) is 0 Å². The predicted octanol–water partition coefficient (Wildman–Crippen LogP) is 3.17. The van der Waals surface area contributed by atoms with Gasteiger partial charge in [0.25, 0.3) is 5.91 Å². The van der Waals surface area contributed by atoms with Crippen LogP contribution in [-0.2, 0) is 11.2 Å². The second-order valence-electron chi connectivity index (χ2n) is 6.41. The van der Waals surface area contributed by atoms with Crippen LogP contribution < -0.4 is 10.2 Å². The fourth-order valence-electron chi connectivity index (χ4n) is 3.37. The van der Waals surface area contributed by atoms with Gasteiger partial charge in [-0.15, -0.1) is 0 Å². The zero-order valence-corrected chi connectivity index (χ0v) is 15.4. The molecule has 0 bridgehead atoms. The van der Waals surface area contributed by atoms with Crippen LogP contribution in [0.15, 0.2) is 48.5 Å². The first-order chi connectivity index (χ1) is 12.6. The van der Waals surface area contributed by atoms with E-state index in [1.165, 1.54) is 5.56 Å². The Morgan fingerprint density at radius 3 is 2.62 bits per heavy atom. The molecule has 2 aromatic rings. The van der Waals surface area contributed by atoms with E-state index in [9.17, 15) is 9.59 Å². The second kappa shape index (κ2) is 8.04. The maximum absolute atomic E-state index is 12.5. The van der Waals surface area contributed by atoms with Crippen molar-refractivity contribution in [3.8, 4) is 0 Å². The molecule has 2 amide bonds. The number of carbonyl (C=O) groups is 2. The molecule has 136 valence electrons. The summed E-state index contributed by atoms with van der Waals surface area (Å²) in [5, 5.41) is 2.92. The Labute approximate surface area is 154 Å². The monoisotopic (exact) mass is 351 g/mol. The average Bonchev–Trinajstić information content (AvgIpc) is 3.06. The predicted molar refractivity (Wildman–Crippen MR) is 105 cm³/mol. The summed E-state index contributed by atoms with van der Waals surface area (Å²) in [4.78, 5) is 28.8.